The standard InChI is InChI=1S/C18H28ClNO3Si/c1-14-5-6-16(19)17(13-14)23-15-7-9-20(10-8-15)18(21)22-11-12-24(2,3)4/h5-6,13,15H,7-12H2,1-4H3. The molecule has 1 fully saturated rings. The molecule has 6 heteroatoms. The molecule has 134 valence electrons. The van der Waals surface area contributed by atoms with Crippen molar-refractivity contribution in [2.45, 2.75) is 51.6 Å². The average molecular weight is 370 g/mol. The highest BCUT2D eigenvalue weighted by Gasteiger charge is 2.25. The number of likely N-dealkylation sites (tertiary alicyclic amines) is 1. The Morgan fingerprint density at radius 2 is 1.96 bits per heavy atom. The molecule has 0 atom stereocenters. The van der Waals surface area contributed by atoms with Crippen molar-refractivity contribution in [2.75, 3.05) is 19.7 Å². The molecule has 4 nitrogen and oxygen atoms in total. The second-order valence-electron chi connectivity index (χ2n) is 7.66. The van der Waals surface area contributed by atoms with E-state index in [0.29, 0.717) is 24.7 Å². The average Bonchev–Trinajstić information content (AvgIpc) is 2.50. The van der Waals surface area contributed by atoms with E-state index in [9.17, 15) is 4.79 Å². The van der Waals surface area contributed by atoms with Crippen molar-refractivity contribution in [1.82, 2.24) is 4.90 Å². The van der Waals surface area contributed by atoms with Gasteiger partial charge in [-0.05, 0) is 30.7 Å². The van der Waals surface area contributed by atoms with Crippen molar-refractivity contribution in [2.24, 2.45) is 0 Å². The molecule has 1 aromatic carbocycles. The largest absolute Gasteiger partial charge is 0.489 e. The molecule has 1 heterocycles. The molecule has 0 saturated carbocycles. The topological polar surface area (TPSA) is 38.8 Å². The van der Waals surface area contributed by atoms with Crippen LogP contribution >= 0.6 is 11.6 Å². The minimum absolute atomic E-state index is 0.0929. The van der Waals surface area contributed by atoms with Crippen molar-refractivity contribution in [3.05, 3.63) is 28.8 Å². The van der Waals surface area contributed by atoms with E-state index in [1.165, 1.54) is 0 Å². The van der Waals surface area contributed by atoms with E-state index >= 15 is 0 Å². The highest BCUT2D eigenvalue weighted by atomic mass is 35.5. The number of nitrogens with zero attached hydrogens (tertiary/aromatic N) is 1. The van der Waals surface area contributed by atoms with Gasteiger partial charge in [-0.25, -0.2) is 4.79 Å². The Kier molecular flexibility index (Phi) is 6.58. The third kappa shape index (κ3) is 6.02. The number of carbonyl (C=O) groups excluding carboxylic acids is 1. The first-order chi connectivity index (χ1) is 11.2. The Labute approximate surface area is 151 Å². The van der Waals surface area contributed by atoms with Crippen molar-refractivity contribution in [1.29, 1.82) is 0 Å². The number of hydrogen-bond acceptors (Lipinski definition) is 3. The van der Waals surface area contributed by atoms with Gasteiger partial charge in [0.1, 0.15) is 11.9 Å². The molecule has 0 radical (unpaired) electrons. The molecule has 0 unspecified atom stereocenters. The normalized spacial score (nSPS) is 16.1. The van der Waals surface area contributed by atoms with Crippen LogP contribution in [0.1, 0.15) is 18.4 Å². The van der Waals surface area contributed by atoms with Gasteiger partial charge in [-0.3, -0.25) is 0 Å². The van der Waals surface area contributed by atoms with Gasteiger partial charge in [0.25, 0.3) is 0 Å². The van der Waals surface area contributed by atoms with Crippen LogP contribution in [0.25, 0.3) is 0 Å². The molecular formula is C18H28ClNO3Si. The van der Waals surface area contributed by atoms with Gasteiger partial charge in [0.05, 0.1) is 11.6 Å². The lowest BCUT2D eigenvalue weighted by atomic mass is 10.1. The summed E-state index contributed by atoms with van der Waals surface area (Å²) < 4.78 is 11.4. The molecule has 0 spiro atoms. The number of carbonyl (C=O) groups is 1. The first-order valence-electron chi connectivity index (χ1n) is 8.59. The summed E-state index contributed by atoms with van der Waals surface area (Å²) in [6.07, 6.45) is 1.50. The molecule has 1 saturated heterocycles. The van der Waals surface area contributed by atoms with E-state index in [1.54, 1.807) is 4.90 Å². The number of piperidine rings is 1. The second kappa shape index (κ2) is 8.25. The molecule has 1 aliphatic heterocycles. The van der Waals surface area contributed by atoms with E-state index in [4.69, 9.17) is 21.1 Å². The van der Waals surface area contributed by atoms with E-state index in [0.717, 1.165) is 30.2 Å². The number of halogens is 1. The van der Waals surface area contributed by atoms with E-state index in [1.807, 2.05) is 25.1 Å². The van der Waals surface area contributed by atoms with Crippen molar-refractivity contribution < 1.29 is 14.3 Å². The summed E-state index contributed by atoms with van der Waals surface area (Å²) >= 11 is 6.18. The number of aryl methyl sites for hydroxylation is 1. The summed E-state index contributed by atoms with van der Waals surface area (Å²) in [6.45, 7) is 10.7. The van der Waals surface area contributed by atoms with E-state index in [-0.39, 0.29) is 12.2 Å². The maximum Gasteiger partial charge on any atom is 0.409 e. The number of amides is 1. The van der Waals surface area contributed by atoms with Crippen LogP contribution in [-0.4, -0.2) is 44.9 Å². The van der Waals surface area contributed by atoms with Crippen LogP contribution in [-0.2, 0) is 4.74 Å². The zero-order valence-electron chi connectivity index (χ0n) is 15.1. The molecule has 1 amide bonds. The summed E-state index contributed by atoms with van der Waals surface area (Å²) in [6, 6.07) is 6.79. The summed E-state index contributed by atoms with van der Waals surface area (Å²) in [5.74, 6) is 0.729. The first kappa shape index (κ1) is 19.1. The van der Waals surface area contributed by atoms with Gasteiger partial charge in [-0.1, -0.05) is 37.3 Å². The molecule has 2 rings (SSSR count). The van der Waals surface area contributed by atoms with Gasteiger partial charge < -0.3 is 14.4 Å². The maximum atomic E-state index is 12.1. The fourth-order valence-corrected chi connectivity index (χ4v) is 3.45. The third-order valence-corrected chi connectivity index (χ3v) is 6.17. The van der Waals surface area contributed by atoms with Crippen molar-refractivity contribution in [3.8, 4) is 5.75 Å². The quantitative estimate of drug-likeness (QED) is 0.688. The zero-order valence-corrected chi connectivity index (χ0v) is 16.9. The van der Waals surface area contributed by atoms with E-state index in [2.05, 4.69) is 19.6 Å². The first-order valence-corrected chi connectivity index (χ1v) is 12.7. The number of hydrogen-bond donors (Lipinski definition) is 0. The molecule has 24 heavy (non-hydrogen) atoms. The minimum Gasteiger partial charge on any atom is -0.489 e. The summed E-state index contributed by atoms with van der Waals surface area (Å²) in [5, 5.41) is 0.633. The van der Waals surface area contributed by atoms with Crippen LogP contribution in [0.5, 0.6) is 5.75 Å². The molecule has 0 aromatic heterocycles. The molecule has 0 bridgehead atoms. The Morgan fingerprint density at radius 1 is 1.29 bits per heavy atom. The van der Waals surface area contributed by atoms with E-state index < -0.39 is 8.07 Å². The fourth-order valence-electron chi connectivity index (χ4n) is 2.57. The predicted octanol–water partition coefficient (Wildman–Crippen LogP) is 4.97. The van der Waals surface area contributed by atoms with Gasteiger partial charge in [0, 0.05) is 34.0 Å². The fraction of sp³-hybridized carbons (Fsp3) is 0.611. The summed E-state index contributed by atoms with van der Waals surface area (Å²) in [7, 11) is -1.17. The predicted molar refractivity (Wildman–Crippen MR) is 101 cm³/mol. The smallest absolute Gasteiger partial charge is 0.409 e. The lowest BCUT2D eigenvalue weighted by Gasteiger charge is -2.32. The van der Waals surface area contributed by atoms with Crippen LogP contribution in [0.4, 0.5) is 4.79 Å². The monoisotopic (exact) mass is 369 g/mol. The van der Waals surface area contributed by atoms with Crippen molar-refractivity contribution >= 4 is 25.8 Å². The second-order valence-corrected chi connectivity index (χ2v) is 13.7. The van der Waals surface area contributed by atoms with Gasteiger partial charge in [0.15, 0.2) is 0 Å². The van der Waals surface area contributed by atoms with Gasteiger partial charge >= 0.3 is 6.09 Å². The van der Waals surface area contributed by atoms with Gasteiger partial charge in [-0.2, -0.15) is 0 Å². The van der Waals surface area contributed by atoms with Gasteiger partial charge in [0.2, 0.25) is 0 Å². The minimum atomic E-state index is -1.17. The summed E-state index contributed by atoms with van der Waals surface area (Å²) in [4.78, 5) is 13.9. The number of ether oxygens (including phenoxy) is 2. The zero-order chi connectivity index (χ0) is 17.7. The molecule has 1 aliphatic rings. The highest BCUT2D eigenvalue weighted by Crippen LogP contribution is 2.28. The lowest BCUT2D eigenvalue weighted by Crippen LogP contribution is -2.42. The third-order valence-electron chi connectivity index (χ3n) is 4.16. The molecule has 0 N–H and O–H groups in total. The Hall–Kier alpha value is -1.20. The lowest BCUT2D eigenvalue weighted by molar-refractivity contribution is 0.0702. The van der Waals surface area contributed by atoms with Crippen LogP contribution in [0.2, 0.25) is 30.7 Å². The van der Waals surface area contributed by atoms with Gasteiger partial charge in [-0.15, -0.1) is 0 Å². The Morgan fingerprint density at radius 3 is 2.58 bits per heavy atom. The number of rotatable bonds is 5. The maximum absolute atomic E-state index is 12.1. The van der Waals surface area contributed by atoms with Crippen molar-refractivity contribution in [3.63, 3.8) is 0 Å². The number of benzene rings is 1. The van der Waals surface area contributed by atoms with Crippen LogP contribution in [0, 0.1) is 6.92 Å². The summed E-state index contributed by atoms with van der Waals surface area (Å²) in [5.41, 5.74) is 1.12. The highest BCUT2D eigenvalue weighted by molar-refractivity contribution is 6.76. The Balaban J connectivity index is 1.76. The Bertz CT molecular complexity index is 566. The SMILES string of the molecule is Cc1ccc(Cl)c(OC2CCN(C(=O)OCC[Si](C)(C)C)CC2)c1. The molecule has 1 aromatic rings. The van der Waals surface area contributed by atoms with Crippen LogP contribution in [0.15, 0.2) is 18.2 Å². The molecule has 0 aliphatic carbocycles. The molecular weight excluding hydrogens is 342 g/mol. The van der Waals surface area contributed by atoms with Crippen LogP contribution in [0.3, 0.4) is 0 Å². The van der Waals surface area contributed by atoms with Crippen LogP contribution < -0.4 is 4.74 Å².